The number of nitrogens with zero attached hydrogens (tertiary/aromatic N) is 2. The molecule has 4 N–H and O–H groups in total. The average Bonchev–Trinajstić information content (AvgIpc) is 2.69. The van der Waals surface area contributed by atoms with E-state index in [1.54, 1.807) is 0 Å². The maximum Gasteiger partial charge on any atom is 0.270 e. The lowest BCUT2D eigenvalue weighted by Crippen LogP contribution is -2.41. The molecule has 170 valence electrons. The van der Waals surface area contributed by atoms with Crippen LogP contribution in [0.4, 0.5) is 5.69 Å². The average molecular weight is 444 g/mol. The number of nitro groups is 1. The van der Waals surface area contributed by atoms with Crippen LogP contribution in [-0.4, -0.2) is 57.2 Å². The summed E-state index contributed by atoms with van der Waals surface area (Å²) in [5.74, 6) is 1.35. The highest BCUT2D eigenvalue weighted by Crippen LogP contribution is 2.17. The van der Waals surface area contributed by atoms with Crippen molar-refractivity contribution in [3.05, 3.63) is 34.4 Å². The molecule has 0 saturated heterocycles. The Morgan fingerprint density at radius 2 is 2.00 bits per heavy atom. The third-order valence-corrected chi connectivity index (χ3v) is 5.70. The van der Waals surface area contributed by atoms with Gasteiger partial charge in [0.2, 0.25) is 10.0 Å². The molecular formula is C19H33N5O5S. The zero-order valence-corrected chi connectivity index (χ0v) is 18.6. The lowest BCUT2D eigenvalue weighted by Gasteiger charge is -2.17. The van der Waals surface area contributed by atoms with Crippen molar-refractivity contribution in [1.29, 1.82) is 0 Å². The molecule has 0 saturated carbocycles. The van der Waals surface area contributed by atoms with Gasteiger partial charge in [0.25, 0.3) is 5.69 Å². The van der Waals surface area contributed by atoms with E-state index in [1.807, 2.05) is 6.92 Å². The molecule has 0 aliphatic carbocycles. The van der Waals surface area contributed by atoms with Crippen molar-refractivity contribution in [2.45, 2.75) is 38.5 Å². The van der Waals surface area contributed by atoms with Crippen LogP contribution in [0, 0.1) is 22.0 Å². The number of rotatable bonds is 13. The fraction of sp³-hybridized carbons (Fsp3) is 0.632. The second-order valence-corrected chi connectivity index (χ2v) is 9.07. The molecule has 1 aromatic carbocycles. The summed E-state index contributed by atoms with van der Waals surface area (Å²) in [7, 11) is -3.86. The SMILES string of the molecule is CCNC(=NCC(CCO)CC(C)C)NCCNS(=O)(=O)c1cccc([N+](=O)[O-])c1. The molecule has 1 rings (SSSR count). The zero-order valence-electron chi connectivity index (χ0n) is 17.8. The molecule has 0 radical (unpaired) electrons. The monoisotopic (exact) mass is 443 g/mol. The predicted molar refractivity (Wildman–Crippen MR) is 117 cm³/mol. The highest BCUT2D eigenvalue weighted by atomic mass is 32.2. The summed E-state index contributed by atoms with van der Waals surface area (Å²) in [6, 6.07) is 4.91. The van der Waals surface area contributed by atoms with Crippen molar-refractivity contribution in [2.24, 2.45) is 16.8 Å². The number of aliphatic hydroxyl groups excluding tert-OH is 1. The third kappa shape index (κ3) is 9.51. The molecule has 1 aromatic rings. The van der Waals surface area contributed by atoms with E-state index in [-0.39, 0.29) is 36.2 Å². The molecular weight excluding hydrogens is 410 g/mol. The smallest absolute Gasteiger partial charge is 0.270 e. The summed E-state index contributed by atoms with van der Waals surface area (Å²) in [6.45, 7) is 7.90. The van der Waals surface area contributed by atoms with E-state index >= 15 is 0 Å². The molecule has 0 fully saturated rings. The van der Waals surface area contributed by atoms with Gasteiger partial charge in [0.1, 0.15) is 0 Å². The number of aliphatic hydroxyl groups is 1. The van der Waals surface area contributed by atoms with Crippen molar-refractivity contribution >= 4 is 21.7 Å². The Kier molecular flexibility index (Phi) is 11.3. The van der Waals surface area contributed by atoms with Crippen molar-refractivity contribution in [2.75, 3.05) is 32.8 Å². The van der Waals surface area contributed by atoms with Gasteiger partial charge in [-0.1, -0.05) is 19.9 Å². The molecule has 1 atom stereocenters. The number of aliphatic imine (C=N–C) groups is 1. The lowest BCUT2D eigenvalue weighted by atomic mass is 9.94. The maximum atomic E-state index is 12.3. The summed E-state index contributed by atoms with van der Waals surface area (Å²) in [5, 5.41) is 26.2. The molecule has 0 aromatic heterocycles. The van der Waals surface area contributed by atoms with Crippen LogP contribution in [0.25, 0.3) is 0 Å². The molecule has 30 heavy (non-hydrogen) atoms. The Morgan fingerprint density at radius 1 is 1.27 bits per heavy atom. The second-order valence-electron chi connectivity index (χ2n) is 7.31. The van der Waals surface area contributed by atoms with Crippen LogP contribution in [0.3, 0.4) is 0 Å². The van der Waals surface area contributed by atoms with Gasteiger partial charge in [-0.05, 0) is 37.7 Å². The van der Waals surface area contributed by atoms with Gasteiger partial charge in [0, 0.05) is 44.9 Å². The minimum atomic E-state index is -3.86. The van der Waals surface area contributed by atoms with Gasteiger partial charge >= 0.3 is 0 Å². The molecule has 11 heteroatoms. The Balaban J connectivity index is 2.63. The molecule has 0 amide bonds. The van der Waals surface area contributed by atoms with E-state index in [2.05, 4.69) is 34.2 Å². The molecule has 0 bridgehead atoms. The zero-order chi connectivity index (χ0) is 22.6. The van der Waals surface area contributed by atoms with Crippen LogP contribution in [0.15, 0.2) is 34.2 Å². The topological polar surface area (TPSA) is 146 Å². The number of sulfonamides is 1. The second kappa shape index (κ2) is 13.1. The maximum absolute atomic E-state index is 12.3. The quantitative estimate of drug-likeness (QED) is 0.119. The molecule has 0 aliphatic rings. The lowest BCUT2D eigenvalue weighted by molar-refractivity contribution is -0.385. The standard InChI is InChI=1S/C19H33N5O5S/c1-4-20-19(22-14-16(8-11-25)12-15(2)3)21-9-10-23-30(28,29)18-7-5-6-17(13-18)24(26)27/h5-7,13,15-16,23,25H,4,8-12,14H2,1-3H3,(H2,20,21,22). The van der Waals surface area contributed by atoms with Crippen LogP contribution < -0.4 is 15.4 Å². The van der Waals surface area contributed by atoms with E-state index in [0.29, 0.717) is 31.4 Å². The molecule has 0 heterocycles. The van der Waals surface area contributed by atoms with Gasteiger partial charge in [-0.2, -0.15) is 0 Å². The van der Waals surface area contributed by atoms with Gasteiger partial charge < -0.3 is 15.7 Å². The fourth-order valence-corrected chi connectivity index (χ4v) is 3.98. The van der Waals surface area contributed by atoms with E-state index in [4.69, 9.17) is 0 Å². The van der Waals surface area contributed by atoms with E-state index in [0.717, 1.165) is 12.5 Å². The van der Waals surface area contributed by atoms with Crippen molar-refractivity contribution in [3.8, 4) is 0 Å². The van der Waals surface area contributed by atoms with Crippen LogP contribution in [0.2, 0.25) is 0 Å². The molecule has 0 aliphatic heterocycles. The van der Waals surface area contributed by atoms with Crippen LogP contribution >= 0.6 is 0 Å². The first kappa shape index (κ1) is 25.8. The number of benzene rings is 1. The van der Waals surface area contributed by atoms with Crippen LogP contribution in [0.5, 0.6) is 0 Å². The first-order chi connectivity index (χ1) is 14.2. The normalized spacial score (nSPS) is 13.3. The third-order valence-electron chi connectivity index (χ3n) is 4.24. The van der Waals surface area contributed by atoms with Gasteiger partial charge in [0.05, 0.1) is 9.82 Å². The summed E-state index contributed by atoms with van der Waals surface area (Å²) < 4.78 is 27.1. The van der Waals surface area contributed by atoms with Crippen molar-refractivity contribution in [1.82, 2.24) is 15.4 Å². The van der Waals surface area contributed by atoms with Crippen molar-refractivity contribution < 1.29 is 18.4 Å². The predicted octanol–water partition coefficient (Wildman–Crippen LogP) is 1.47. The van der Waals surface area contributed by atoms with Crippen molar-refractivity contribution in [3.63, 3.8) is 0 Å². The number of hydrogen-bond acceptors (Lipinski definition) is 6. The summed E-state index contributed by atoms with van der Waals surface area (Å²) in [5.41, 5.74) is -0.281. The molecule has 10 nitrogen and oxygen atoms in total. The van der Waals surface area contributed by atoms with Crippen LogP contribution in [0.1, 0.15) is 33.6 Å². The van der Waals surface area contributed by atoms with Gasteiger partial charge in [-0.15, -0.1) is 0 Å². The minimum absolute atomic E-state index is 0.0848. The largest absolute Gasteiger partial charge is 0.396 e. The number of nitrogens with one attached hydrogen (secondary N) is 3. The molecule has 0 spiro atoms. The van der Waals surface area contributed by atoms with Crippen LogP contribution in [-0.2, 0) is 10.0 Å². The highest BCUT2D eigenvalue weighted by molar-refractivity contribution is 7.89. The van der Waals surface area contributed by atoms with E-state index in [1.165, 1.54) is 18.2 Å². The number of hydrogen-bond donors (Lipinski definition) is 4. The molecule has 1 unspecified atom stereocenters. The first-order valence-corrected chi connectivity index (χ1v) is 11.5. The highest BCUT2D eigenvalue weighted by Gasteiger charge is 2.17. The summed E-state index contributed by atoms with van der Waals surface area (Å²) >= 11 is 0. The van der Waals surface area contributed by atoms with Gasteiger partial charge in [0.15, 0.2) is 5.96 Å². The Hall–Kier alpha value is -2.24. The minimum Gasteiger partial charge on any atom is -0.396 e. The van der Waals surface area contributed by atoms with E-state index in [9.17, 15) is 23.6 Å². The van der Waals surface area contributed by atoms with Gasteiger partial charge in [-0.25, -0.2) is 13.1 Å². The Labute approximate surface area is 178 Å². The Bertz CT molecular complexity index is 798. The Morgan fingerprint density at radius 3 is 2.60 bits per heavy atom. The summed E-state index contributed by atoms with van der Waals surface area (Å²) in [4.78, 5) is 14.6. The summed E-state index contributed by atoms with van der Waals surface area (Å²) in [6.07, 6.45) is 1.65. The number of non-ortho nitro benzene ring substituents is 1. The number of guanidine groups is 1. The fourth-order valence-electron chi connectivity index (χ4n) is 2.91. The van der Waals surface area contributed by atoms with E-state index < -0.39 is 14.9 Å². The first-order valence-electron chi connectivity index (χ1n) is 10.1. The van der Waals surface area contributed by atoms with Gasteiger partial charge in [-0.3, -0.25) is 15.1 Å². The number of nitro benzene ring substituents is 1.